The molecule has 4 heteroatoms. The second-order valence-corrected chi connectivity index (χ2v) is 4.36. The first kappa shape index (κ1) is 12.2. The van der Waals surface area contributed by atoms with Crippen molar-refractivity contribution < 1.29 is 9.84 Å². The van der Waals surface area contributed by atoms with E-state index < -0.39 is 0 Å². The number of hydrogen-bond acceptors (Lipinski definition) is 4. The molecule has 0 aliphatic carbocycles. The third kappa shape index (κ3) is 2.53. The molecule has 0 aromatic heterocycles. The number of nitrogens with one attached hydrogen (secondary N) is 1. The molecule has 4 nitrogen and oxygen atoms in total. The van der Waals surface area contributed by atoms with E-state index in [4.69, 9.17) is 4.74 Å². The van der Waals surface area contributed by atoms with Gasteiger partial charge in [0, 0.05) is 37.8 Å². The number of rotatable bonds is 3. The number of piperazine rings is 1. The Morgan fingerprint density at radius 2 is 2.06 bits per heavy atom. The second-order valence-electron chi connectivity index (χ2n) is 4.36. The van der Waals surface area contributed by atoms with Crippen LogP contribution in [0.3, 0.4) is 0 Å². The van der Waals surface area contributed by atoms with Crippen molar-refractivity contribution in [1.82, 2.24) is 10.2 Å². The fraction of sp³-hybridized carbons (Fsp3) is 0.538. The molecule has 1 heterocycles. The van der Waals surface area contributed by atoms with Crippen molar-refractivity contribution in [1.29, 1.82) is 0 Å². The molecule has 1 saturated heterocycles. The highest BCUT2D eigenvalue weighted by atomic mass is 16.5. The highest BCUT2D eigenvalue weighted by Crippen LogP contribution is 2.35. The van der Waals surface area contributed by atoms with Crippen molar-refractivity contribution in [3.63, 3.8) is 0 Å². The van der Waals surface area contributed by atoms with Gasteiger partial charge in [-0.1, -0.05) is 12.1 Å². The molecule has 94 valence electrons. The average Bonchev–Trinajstić information content (AvgIpc) is 2.39. The Labute approximate surface area is 102 Å². The van der Waals surface area contributed by atoms with Gasteiger partial charge in [0.2, 0.25) is 0 Å². The monoisotopic (exact) mass is 236 g/mol. The van der Waals surface area contributed by atoms with Gasteiger partial charge in [-0.2, -0.15) is 0 Å². The van der Waals surface area contributed by atoms with E-state index in [9.17, 15) is 5.11 Å². The van der Waals surface area contributed by atoms with E-state index in [1.165, 1.54) is 0 Å². The van der Waals surface area contributed by atoms with E-state index in [1.807, 2.05) is 12.1 Å². The van der Waals surface area contributed by atoms with Gasteiger partial charge in [0.15, 0.2) is 11.5 Å². The third-order valence-corrected chi connectivity index (χ3v) is 3.40. The summed E-state index contributed by atoms with van der Waals surface area (Å²) in [5.41, 5.74) is 0.936. The lowest BCUT2D eigenvalue weighted by Gasteiger charge is -2.33. The number of hydrogen-bond donors (Lipinski definition) is 2. The molecule has 0 bridgehead atoms. The number of methoxy groups -OCH3 is 1. The van der Waals surface area contributed by atoms with E-state index in [1.54, 1.807) is 13.2 Å². The van der Waals surface area contributed by atoms with Crippen LogP contribution in [0.2, 0.25) is 0 Å². The molecule has 17 heavy (non-hydrogen) atoms. The molecule has 1 aliphatic rings. The quantitative estimate of drug-likeness (QED) is 0.832. The molecule has 0 radical (unpaired) electrons. The van der Waals surface area contributed by atoms with Crippen LogP contribution in [0, 0.1) is 0 Å². The molecule has 1 aromatic carbocycles. The summed E-state index contributed by atoms with van der Waals surface area (Å²) in [6.45, 7) is 6.17. The van der Waals surface area contributed by atoms with Crippen LogP contribution in [0.5, 0.6) is 11.5 Å². The Hall–Kier alpha value is -1.26. The van der Waals surface area contributed by atoms with Gasteiger partial charge in [-0.25, -0.2) is 0 Å². The minimum atomic E-state index is 0.215. The average molecular weight is 236 g/mol. The van der Waals surface area contributed by atoms with Crippen molar-refractivity contribution in [2.45, 2.75) is 13.0 Å². The molecular formula is C13H20N2O2. The summed E-state index contributed by atoms with van der Waals surface area (Å²) < 4.78 is 5.14. The molecule has 2 rings (SSSR count). The summed E-state index contributed by atoms with van der Waals surface area (Å²) in [5, 5.41) is 13.5. The molecule has 0 unspecified atom stereocenters. The lowest BCUT2D eigenvalue weighted by molar-refractivity contribution is 0.182. The molecule has 0 amide bonds. The highest BCUT2D eigenvalue weighted by Gasteiger charge is 2.21. The Morgan fingerprint density at radius 3 is 2.71 bits per heavy atom. The zero-order chi connectivity index (χ0) is 12.3. The van der Waals surface area contributed by atoms with E-state index in [0.717, 1.165) is 31.7 Å². The number of phenols is 1. The van der Waals surface area contributed by atoms with Gasteiger partial charge in [0.1, 0.15) is 0 Å². The van der Waals surface area contributed by atoms with Gasteiger partial charge in [-0.05, 0) is 13.0 Å². The summed E-state index contributed by atoms with van der Waals surface area (Å²) in [7, 11) is 1.58. The first-order chi connectivity index (χ1) is 8.24. The van der Waals surface area contributed by atoms with Crippen LogP contribution in [0.15, 0.2) is 18.2 Å². The topological polar surface area (TPSA) is 44.7 Å². The lowest BCUT2D eigenvalue weighted by atomic mass is 10.0. The maximum Gasteiger partial charge on any atom is 0.162 e. The van der Waals surface area contributed by atoms with Gasteiger partial charge >= 0.3 is 0 Å². The van der Waals surface area contributed by atoms with Gasteiger partial charge < -0.3 is 15.2 Å². The molecule has 0 saturated carbocycles. The van der Waals surface area contributed by atoms with Gasteiger partial charge in [-0.3, -0.25) is 4.90 Å². The lowest BCUT2D eigenvalue weighted by Crippen LogP contribution is -2.44. The Balaban J connectivity index is 2.20. The SMILES string of the molecule is COc1cccc([C@@H](C)N2CCNCC2)c1O. The molecule has 2 N–H and O–H groups in total. The molecule has 1 aromatic rings. The van der Waals surface area contributed by atoms with E-state index in [2.05, 4.69) is 17.1 Å². The van der Waals surface area contributed by atoms with Crippen LogP contribution in [0.25, 0.3) is 0 Å². The largest absolute Gasteiger partial charge is 0.504 e. The summed E-state index contributed by atoms with van der Waals surface area (Å²) in [5.74, 6) is 0.811. The molecule has 1 aliphatic heterocycles. The minimum Gasteiger partial charge on any atom is -0.504 e. The minimum absolute atomic E-state index is 0.215. The van der Waals surface area contributed by atoms with Crippen LogP contribution in [0.4, 0.5) is 0 Å². The predicted molar refractivity (Wildman–Crippen MR) is 67.5 cm³/mol. The molecule has 1 atom stereocenters. The van der Waals surface area contributed by atoms with Crippen LogP contribution in [-0.2, 0) is 0 Å². The Bertz CT molecular complexity index is 376. The maximum atomic E-state index is 10.1. The van der Waals surface area contributed by atoms with Crippen molar-refractivity contribution in [2.24, 2.45) is 0 Å². The number of benzene rings is 1. The van der Waals surface area contributed by atoms with Crippen molar-refractivity contribution in [2.75, 3.05) is 33.3 Å². The van der Waals surface area contributed by atoms with Crippen molar-refractivity contribution in [3.8, 4) is 11.5 Å². The number of ether oxygens (including phenoxy) is 1. The summed E-state index contributed by atoms with van der Waals surface area (Å²) >= 11 is 0. The summed E-state index contributed by atoms with van der Waals surface area (Å²) in [6, 6.07) is 5.88. The number of nitrogens with zero attached hydrogens (tertiary/aromatic N) is 1. The molecule has 0 spiro atoms. The fourth-order valence-electron chi connectivity index (χ4n) is 2.31. The van der Waals surface area contributed by atoms with Gasteiger partial charge in [0.05, 0.1) is 7.11 Å². The zero-order valence-electron chi connectivity index (χ0n) is 10.4. The van der Waals surface area contributed by atoms with Gasteiger partial charge in [-0.15, -0.1) is 0 Å². The number of phenolic OH excluding ortho intramolecular Hbond substituents is 1. The molecular weight excluding hydrogens is 216 g/mol. The maximum absolute atomic E-state index is 10.1. The summed E-state index contributed by atoms with van der Waals surface area (Å²) in [6.07, 6.45) is 0. The van der Waals surface area contributed by atoms with Crippen LogP contribution >= 0.6 is 0 Å². The van der Waals surface area contributed by atoms with E-state index in [0.29, 0.717) is 5.75 Å². The van der Waals surface area contributed by atoms with Crippen LogP contribution in [-0.4, -0.2) is 43.3 Å². The smallest absolute Gasteiger partial charge is 0.162 e. The van der Waals surface area contributed by atoms with Gasteiger partial charge in [0.25, 0.3) is 0 Å². The van der Waals surface area contributed by atoms with Crippen LogP contribution < -0.4 is 10.1 Å². The van der Waals surface area contributed by atoms with Crippen molar-refractivity contribution >= 4 is 0 Å². The van der Waals surface area contributed by atoms with E-state index in [-0.39, 0.29) is 11.8 Å². The van der Waals surface area contributed by atoms with Crippen LogP contribution in [0.1, 0.15) is 18.5 Å². The normalized spacial score (nSPS) is 18.9. The number of para-hydroxylation sites is 1. The van der Waals surface area contributed by atoms with Crippen molar-refractivity contribution in [3.05, 3.63) is 23.8 Å². The first-order valence-corrected chi connectivity index (χ1v) is 6.04. The Kier molecular flexibility index (Phi) is 3.86. The highest BCUT2D eigenvalue weighted by molar-refractivity contribution is 5.46. The zero-order valence-corrected chi connectivity index (χ0v) is 10.4. The number of aromatic hydroxyl groups is 1. The predicted octanol–water partition coefficient (Wildman–Crippen LogP) is 1.37. The third-order valence-electron chi connectivity index (χ3n) is 3.40. The Morgan fingerprint density at radius 1 is 1.35 bits per heavy atom. The molecule has 1 fully saturated rings. The van der Waals surface area contributed by atoms with E-state index >= 15 is 0 Å². The standard InChI is InChI=1S/C13H20N2O2/c1-10(15-8-6-14-7-9-15)11-4-3-5-12(17-2)13(11)16/h3-5,10,14,16H,6-9H2,1-2H3/t10-/m1/s1. The first-order valence-electron chi connectivity index (χ1n) is 6.04. The fourth-order valence-corrected chi connectivity index (χ4v) is 2.31. The second kappa shape index (κ2) is 5.38. The summed E-state index contributed by atoms with van der Waals surface area (Å²) in [4.78, 5) is 2.37.